The zero-order valence-electron chi connectivity index (χ0n) is 8.57. The Labute approximate surface area is 86.8 Å². The molecule has 0 aliphatic heterocycles. The monoisotopic (exact) mass is 218 g/mol. The normalized spacial score (nSPS) is 11.4. The number of amides is 2. The molecule has 0 bridgehead atoms. The Morgan fingerprint density at radius 1 is 1.33 bits per heavy atom. The van der Waals surface area contributed by atoms with Crippen LogP contribution in [-0.4, -0.2) is 49.2 Å². The molecule has 1 unspecified atom stereocenters. The smallest absolute Gasteiger partial charge is 0.336 e. The summed E-state index contributed by atoms with van der Waals surface area (Å²) in [6, 6.07) is 0. The van der Waals surface area contributed by atoms with Crippen LogP contribution in [0.15, 0.2) is 0 Å². The average Bonchev–Trinajstić information content (AvgIpc) is 2.21. The molecule has 3 N–H and O–H groups in total. The summed E-state index contributed by atoms with van der Waals surface area (Å²) in [6.45, 7) is 0.838. The van der Waals surface area contributed by atoms with Crippen LogP contribution in [0.3, 0.4) is 0 Å². The van der Waals surface area contributed by atoms with Crippen molar-refractivity contribution < 1.29 is 24.2 Å². The van der Waals surface area contributed by atoms with Crippen molar-refractivity contribution in [2.24, 2.45) is 0 Å². The second kappa shape index (κ2) is 6.77. The fourth-order valence-electron chi connectivity index (χ4n) is 0.697. The summed E-state index contributed by atoms with van der Waals surface area (Å²) in [6.07, 6.45) is -1.39. The molecule has 0 aromatic rings. The van der Waals surface area contributed by atoms with Crippen molar-refractivity contribution in [3.05, 3.63) is 0 Å². The first-order valence-corrected chi connectivity index (χ1v) is 4.24. The van der Waals surface area contributed by atoms with Gasteiger partial charge in [0.15, 0.2) is 6.10 Å². The number of methoxy groups -OCH3 is 1. The first kappa shape index (κ1) is 13.4. The van der Waals surface area contributed by atoms with Crippen LogP contribution in [0.5, 0.6) is 0 Å². The molecule has 0 saturated heterocycles. The predicted octanol–water partition coefficient (Wildman–Crippen LogP) is -2.23. The lowest BCUT2D eigenvalue weighted by Gasteiger charge is -2.09. The Kier molecular flexibility index (Phi) is 6.03. The quantitative estimate of drug-likeness (QED) is 0.453. The number of ether oxygens (including phenoxy) is 1. The van der Waals surface area contributed by atoms with E-state index in [9.17, 15) is 14.4 Å². The Hall–Kier alpha value is -1.63. The van der Waals surface area contributed by atoms with Crippen LogP contribution < -0.4 is 10.6 Å². The Bertz CT molecular complexity index is 253. The maximum absolute atomic E-state index is 11.0. The fraction of sp³-hybridized carbons (Fsp3) is 0.625. The lowest BCUT2D eigenvalue weighted by molar-refractivity contribution is -0.150. The summed E-state index contributed by atoms with van der Waals surface area (Å²) in [4.78, 5) is 32.1. The van der Waals surface area contributed by atoms with Crippen LogP contribution >= 0.6 is 0 Å². The molecule has 15 heavy (non-hydrogen) atoms. The Balaban J connectivity index is 3.71. The summed E-state index contributed by atoms with van der Waals surface area (Å²) in [5.41, 5.74) is 0. The Morgan fingerprint density at radius 2 is 1.93 bits per heavy atom. The van der Waals surface area contributed by atoms with Gasteiger partial charge in [-0.3, -0.25) is 9.59 Å². The minimum Gasteiger partial charge on any atom is -0.467 e. The highest BCUT2D eigenvalue weighted by molar-refractivity contribution is 5.84. The largest absolute Gasteiger partial charge is 0.467 e. The third-order valence-corrected chi connectivity index (χ3v) is 1.46. The first-order chi connectivity index (χ1) is 6.97. The number of aliphatic hydroxyl groups is 1. The van der Waals surface area contributed by atoms with Gasteiger partial charge in [0.05, 0.1) is 20.2 Å². The van der Waals surface area contributed by atoms with E-state index < -0.39 is 18.0 Å². The van der Waals surface area contributed by atoms with E-state index in [1.165, 1.54) is 6.92 Å². The molecule has 0 aromatic heterocycles. The van der Waals surface area contributed by atoms with Crippen molar-refractivity contribution in [1.29, 1.82) is 0 Å². The van der Waals surface area contributed by atoms with Crippen molar-refractivity contribution >= 4 is 17.8 Å². The van der Waals surface area contributed by atoms with Gasteiger partial charge < -0.3 is 20.5 Å². The van der Waals surface area contributed by atoms with Gasteiger partial charge in [-0.15, -0.1) is 0 Å². The fourth-order valence-corrected chi connectivity index (χ4v) is 0.697. The predicted molar refractivity (Wildman–Crippen MR) is 49.7 cm³/mol. The molecule has 0 aromatic carbocycles. The third-order valence-electron chi connectivity index (χ3n) is 1.46. The molecule has 0 heterocycles. The molecule has 0 saturated carbocycles. The zero-order valence-corrected chi connectivity index (χ0v) is 8.57. The van der Waals surface area contributed by atoms with Gasteiger partial charge in [0.2, 0.25) is 11.8 Å². The summed E-state index contributed by atoms with van der Waals surface area (Å²) in [5.74, 6) is -1.65. The van der Waals surface area contributed by atoms with E-state index in [1.807, 2.05) is 0 Å². The minimum atomic E-state index is -1.39. The molecular weight excluding hydrogens is 204 g/mol. The average molecular weight is 218 g/mol. The van der Waals surface area contributed by atoms with Gasteiger partial charge in [0.1, 0.15) is 0 Å². The number of rotatable bonds is 5. The number of carbonyl (C=O) groups is 3. The number of nitrogens with one attached hydrogen (secondary N) is 2. The maximum atomic E-state index is 11.0. The van der Waals surface area contributed by atoms with E-state index in [4.69, 9.17) is 5.11 Å². The summed E-state index contributed by atoms with van der Waals surface area (Å²) in [7, 11) is 1.13. The highest BCUT2D eigenvalue weighted by atomic mass is 16.5. The molecule has 0 spiro atoms. The topological polar surface area (TPSA) is 105 Å². The second-order valence-electron chi connectivity index (χ2n) is 2.75. The van der Waals surface area contributed by atoms with Crippen LogP contribution in [-0.2, 0) is 19.1 Å². The van der Waals surface area contributed by atoms with E-state index in [2.05, 4.69) is 15.4 Å². The summed E-state index contributed by atoms with van der Waals surface area (Å²) >= 11 is 0. The van der Waals surface area contributed by atoms with Gasteiger partial charge in [-0.05, 0) is 0 Å². The van der Waals surface area contributed by atoms with Crippen LogP contribution in [0, 0.1) is 0 Å². The molecule has 0 fully saturated rings. The summed E-state index contributed by atoms with van der Waals surface area (Å²) < 4.78 is 4.23. The van der Waals surface area contributed by atoms with Gasteiger partial charge in [-0.25, -0.2) is 4.79 Å². The van der Waals surface area contributed by atoms with Crippen molar-refractivity contribution in [3.8, 4) is 0 Å². The molecule has 0 radical (unpaired) electrons. The van der Waals surface area contributed by atoms with Gasteiger partial charge in [0.25, 0.3) is 0 Å². The minimum absolute atomic E-state index is 0.191. The van der Waals surface area contributed by atoms with E-state index in [1.54, 1.807) is 0 Å². The first-order valence-electron chi connectivity index (χ1n) is 4.24. The van der Waals surface area contributed by atoms with Crippen molar-refractivity contribution in [2.75, 3.05) is 20.2 Å². The lowest BCUT2D eigenvalue weighted by atomic mass is 10.3. The third kappa shape index (κ3) is 6.44. The molecular formula is C8H14N2O5. The molecule has 1 atom stereocenters. The van der Waals surface area contributed by atoms with Gasteiger partial charge in [-0.1, -0.05) is 0 Å². The number of carbonyl (C=O) groups excluding carboxylic acids is 3. The molecule has 86 valence electrons. The van der Waals surface area contributed by atoms with Gasteiger partial charge in [0, 0.05) is 6.92 Å². The van der Waals surface area contributed by atoms with Crippen LogP contribution in [0.1, 0.15) is 6.92 Å². The van der Waals surface area contributed by atoms with E-state index >= 15 is 0 Å². The van der Waals surface area contributed by atoms with Crippen LogP contribution in [0.4, 0.5) is 0 Å². The molecule has 7 nitrogen and oxygen atoms in total. The van der Waals surface area contributed by atoms with Gasteiger partial charge >= 0.3 is 5.97 Å². The highest BCUT2D eigenvalue weighted by Crippen LogP contribution is 1.84. The molecule has 0 aliphatic carbocycles. The number of esters is 1. The van der Waals surface area contributed by atoms with Crippen LogP contribution in [0.2, 0.25) is 0 Å². The number of hydrogen-bond donors (Lipinski definition) is 3. The number of aliphatic hydroxyl groups excluding tert-OH is 1. The van der Waals surface area contributed by atoms with E-state index in [0.717, 1.165) is 7.11 Å². The summed E-state index contributed by atoms with van der Waals surface area (Å²) in [5, 5.41) is 13.6. The highest BCUT2D eigenvalue weighted by Gasteiger charge is 2.15. The Morgan fingerprint density at radius 3 is 2.40 bits per heavy atom. The molecule has 7 heteroatoms. The second-order valence-corrected chi connectivity index (χ2v) is 2.75. The number of hydrogen-bond acceptors (Lipinski definition) is 5. The van der Waals surface area contributed by atoms with E-state index in [-0.39, 0.29) is 19.0 Å². The van der Waals surface area contributed by atoms with Crippen LogP contribution in [0.25, 0.3) is 0 Å². The van der Waals surface area contributed by atoms with E-state index in [0.29, 0.717) is 0 Å². The molecule has 0 rings (SSSR count). The van der Waals surface area contributed by atoms with Crippen molar-refractivity contribution in [1.82, 2.24) is 10.6 Å². The SMILES string of the molecule is COC(=O)C(O)CNC(=O)CNC(C)=O. The maximum Gasteiger partial charge on any atom is 0.336 e. The zero-order chi connectivity index (χ0) is 11.8. The molecule has 2 amide bonds. The van der Waals surface area contributed by atoms with Crippen molar-refractivity contribution in [2.45, 2.75) is 13.0 Å². The van der Waals surface area contributed by atoms with Gasteiger partial charge in [-0.2, -0.15) is 0 Å². The molecule has 0 aliphatic rings. The van der Waals surface area contributed by atoms with Crippen molar-refractivity contribution in [3.63, 3.8) is 0 Å². The standard InChI is InChI=1S/C8H14N2O5/c1-5(11)9-4-7(13)10-3-6(12)8(14)15-2/h6,12H,3-4H2,1-2H3,(H,9,11)(H,10,13). The lowest BCUT2D eigenvalue weighted by Crippen LogP contribution is -2.41.